The first-order valence-electron chi connectivity index (χ1n) is 5.48. The van der Waals surface area contributed by atoms with Gasteiger partial charge in [-0.1, -0.05) is 6.42 Å². The monoisotopic (exact) mass is 180 g/mol. The van der Waals surface area contributed by atoms with Crippen LogP contribution in [-0.2, 0) is 4.79 Å². The van der Waals surface area contributed by atoms with E-state index in [9.17, 15) is 9.90 Å². The number of carboxylic acids is 1. The SMILES string of the molecule is O=C(O)[C@]12CCC[C@@H]1[C@@H]1CC[C@@H]2C1. The minimum Gasteiger partial charge on any atom is -0.481 e. The van der Waals surface area contributed by atoms with Crippen molar-refractivity contribution in [1.82, 2.24) is 0 Å². The van der Waals surface area contributed by atoms with Crippen LogP contribution in [0.2, 0.25) is 0 Å². The Hall–Kier alpha value is -0.530. The maximum absolute atomic E-state index is 11.4. The highest BCUT2D eigenvalue weighted by Crippen LogP contribution is 2.66. The Bertz CT molecular complexity index is 261. The minimum absolute atomic E-state index is 0.261. The van der Waals surface area contributed by atoms with Crippen molar-refractivity contribution in [3.63, 3.8) is 0 Å². The first kappa shape index (κ1) is 7.84. The number of aliphatic carboxylic acids is 1. The topological polar surface area (TPSA) is 37.3 Å². The molecular weight excluding hydrogens is 164 g/mol. The molecule has 0 spiro atoms. The summed E-state index contributed by atoms with van der Waals surface area (Å²) < 4.78 is 0. The van der Waals surface area contributed by atoms with Crippen LogP contribution in [0.25, 0.3) is 0 Å². The van der Waals surface area contributed by atoms with Crippen LogP contribution in [0.3, 0.4) is 0 Å². The van der Waals surface area contributed by atoms with Crippen molar-refractivity contribution in [2.24, 2.45) is 23.2 Å². The van der Waals surface area contributed by atoms with E-state index in [0.29, 0.717) is 11.8 Å². The molecule has 3 rings (SSSR count). The van der Waals surface area contributed by atoms with E-state index in [1.807, 2.05) is 0 Å². The van der Waals surface area contributed by atoms with Crippen LogP contribution in [0.1, 0.15) is 38.5 Å². The second kappa shape index (κ2) is 2.28. The lowest BCUT2D eigenvalue weighted by atomic mass is 9.68. The average molecular weight is 180 g/mol. The van der Waals surface area contributed by atoms with Gasteiger partial charge in [-0.15, -0.1) is 0 Å². The molecule has 0 saturated heterocycles. The van der Waals surface area contributed by atoms with Crippen molar-refractivity contribution in [2.45, 2.75) is 38.5 Å². The molecule has 3 aliphatic carbocycles. The highest BCUT2D eigenvalue weighted by molar-refractivity contribution is 5.77. The van der Waals surface area contributed by atoms with Crippen LogP contribution in [0.5, 0.6) is 0 Å². The molecule has 3 saturated carbocycles. The summed E-state index contributed by atoms with van der Waals surface area (Å²) in [6.45, 7) is 0. The molecule has 3 fully saturated rings. The van der Waals surface area contributed by atoms with Crippen molar-refractivity contribution in [3.05, 3.63) is 0 Å². The molecule has 0 amide bonds. The maximum Gasteiger partial charge on any atom is 0.310 e. The third-order valence-electron chi connectivity index (χ3n) is 4.94. The fourth-order valence-corrected chi connectivity index (χ4v) is 4.51. The molecule has 0 aliphatic heterocycles. The molecule has 0 aromatic rings. The highest BCUT2D eigenvalue weighted by atomic mass is 16.4. The summed E-state index contributed by atoms with van der Waals surface area (Å²) in [6, 6.07) is 0. The molecule has 1 N–H and O–H groups in total. The molecule has 72 valence electrons. The highest BCUT2D eigenvalue weighted by Gasteiger charge is 2.63. The fourth-order valence-electron chi connectivity index (χ4n) is 4.51. The lowest BCUT2D eigenvalue weighted by molar-refractivity contribution is -0.154. The van der Waals surface area contributed by atoms with Crippen LogP contribution in [0, 0.1) is 23.2 Å². The number of carboxylic acid groups (broad SMARTS) is 1. The second-order valence-electron chi connectivity index (χ2n) is 5.11. The zero-order chi connectivity index (χ0) is 9.05. The molecule has 4 atom stereocenters. The van der Waals surface area contributed by atoms with E-state index in [4.69, 9.17) is 0 Å². The molecule has 0 aromatic carbocycles. The number of hydrogen-bond acceptors (Lipinski definition) is 1. The van der Waals surface area contributed by atoms with Gasteiger partial charge in [0.1, 0.15) is 0 Å². The van der Waals surface area contributed by atoms with Gasteiger partial charge in [0.15, 0.2) is 0 Å². The van der Waals surface area contributed by atoms with E-state index in [0.717, 1.165) is 18.8 Å². The first-order chi connectivity index (χ1) is 6.25. The molecule has 13 heavy (non-hydrogen) atoms. The predicted molar refractivity (Wildman–Crippen MR) is 48.2 cm³/mol. The van der Waals surface area contributed by atoms with E-state index < -0.39 is 5.97 Å². The fraction of sp³-hybridized carbons (Fsp3) is 0.909. The van der Waals surface area contributed by atoms with E-state index in [-0.39, 0.29) is 5.41 Å². The molecule has 0 heterocycles. The summed E-state index contributed by atoms with van der Waals surface area (Å²) in [6.07, 6.45) is 7.03. The van der Waals surface area contributed by atoms with Gasteiger partial charge >= 0.3 is 5.97 Å². The predicted octanol–water partition coefficient (Wildman–Crippen LogP) is 2.29. The molecule has 2 heteroatoms. The summed E-state index contributed by atoms with van der Waals surface area (Å²) >= 11 is 0. The summed E-state index contributed by atoms with van der Waals surface area (Å²) in [7, 11) is 0. The summed E-state index contributed by atoms with van der Waals surface area (Å²) in [5.41, 5.74) is -0.261. The average Bonchev–Trinajstić information content (AvgIpc) is 2.76. The number of carbonyl (C=O) groups is 1. The van der Waals surface area contributed by atoms with Gasteiger partial charge < -0.3 is 5.11 Å². The van der Waals surface area contributed by atoms with E-state index in [2.05, 4.69) is 0 Å². The number of rotatable bonds is 1. The normalized spacial score (nSPS) is 52.5. The smallest absolute Gasteiger partial charge is 0.310 e. The van der Waals surface area contributed by atoms with Gasteiger partial charge in [0, 0.05) is 0 Å². The van der Waals surface area contributed by atoms with Gasteiger partial charge in [-0.2, -0.15) is 0 Å². The molecule has 3 aliphatic rings. The van der Waals surface area contributed by atoms with Crippen molar-refractivity contribution >= 4 is 5.97 Å². The molecule has 0 aromatic heterocycles. The zero-order valence-electron chi connectivity index (χ0n) is 7.83. The van der Waals surface area contributed by atoms with Crippen LogP contribution in [0.15, 0.2) is 0 Å². The quantitative estimate of drug-likeness (QED) is 0.672. The maximum atomic E-state index is 11.4. The molecule has 0 unspecified atom stereocenters. The van der Waals surface area contributed by atoms with Crippen LogP contribution >= 0.6 is 0 Å². The van der Waals surface area contributed by atoms with Crippen LogP contribution in [-0.4, -0.2) is 11.1 Å². The number of hydrogen-bond donors (Lipinski definition) is 1. The lowest BCUT2D eigenvalue weighted by Crippen LogP contribution is -2.39. The second-order valence-corrected chi connectivity index (χ2v) is 5.11. The minimum atomic E-state index is -0.484. The van der Waals surface area contributed by atoms with Crippen molar-refractivity contribution in [2.75, 3.05) is 0 Å². The van der Waals surface area contributed by atoms with Gasteiger partial charge in [0.2, 0.25) is 0 Å². The van der Waals surface area contributed by atoms with Gasteiger partial charge in [0.05, 0.1) is 5.41 Å². The third-order valence-corrected chi connectivity index (χ3v) is 4.94. The summed E-state index contributed by atoms with van der Waals surface area (Å²) in [5, 5.41) is 9.40. The third kappa shape index (κ3) is 0.733. The molecule has 2 nitrogen and oxygen atoms in total. The lowest BCUT2D eigenvalue weighted by Gasteiger charge is -2.35. The number of fused-ring (bicyclic) bond motifs is 5. The molecule has 2 bridgehead atoms. The van der Waals surface area contributed by atoms with E-state index in [1.54, 1.807) is 0 Å². The van der Waals surface area contributed by atoms with E-state index >= 15 is 0 Å². The molecular formula is C11H16O2. The van der Waals surface area contributed by atoms with Gasteiger partial charge in [-0.25, -0.2) is 0 Å². The Morgan fingerprint density at radius 1 is 1.31 bits per heavy atom. The van der Waals surface area contributed by atoms with Crippen LogP contribution < -0.4 is 0 Å². The Labute approximate surface area is 78.3 Å². The zero-order valence-corrected chi connectivity index (χ0v) is 7.83. The summed E-state index contributed by atoms with van der Waals surface area (Å²) in [5.74, 6) is 1.36. The Morgan fingerprint density at radius 2 is 2.15 bits per heavy atom. The Morgan fingerprint density at radius 3 is 2.85 bits per heavy atom. The first-order valence-corrected chi connectivity index (χ1v) is 5.48. The van der Waals surface area contributed by atoms with E-state index in [1.165, 1.54) is 25.7 Å². The standard InChI is InChI=1S/C11H16O2/c12-10(13)11-5-1-2-9(11)7-3-4-8(11)6-7/h7-9H,1-6H2,(H,12,13)/t7-,8-,9-,11+/m1/s1. The van der Waals surface area contributed by atoms with Crippen LogP contribution in [0.4, 0.5) is 0 Å². The molecule has 0 radical (unpaired) electrons. The van der Waals surface area contributed by atoms with Crippen molar-refractivity contribution in [3.8, 4) is 0 Å². The van der Waals surface area contributed by atoms with Gasteiger partial charge in [-0.3, -0.25) is 4.79 Å². The largest absolute Gasteiger partial charge is 0.481 e. The van der Waals surface area contributed by atoms with Crippen molar-refractivity contribution < 1.29 is 9.90 Å². The van der Waals surface area contributed by atoms with Crippen molar-refractivity contribution in [1.29, 1.82) is 0 Å². The Balaban J connectivity index is 2.04. The summed E-state index contributed by atoms with van der Waals surface area (Å²) in [4.78, 5) is 11.4. The van der Waals surface area contributed by atoms with Gasteiger partial charge in [-0.05, 0) is 49.9 Å². The Kier molecular flexibility index (Phi) is 1.38. The van der Waals surface area contributed by atoms with Gasteiger partial charge in [0.25, 0.3) is 0 Å².